The van der Waals surface area contributed by atoms with Crippen molar-refractivity contribution in [3.63, 3.8) is 0 Å². The van der Waals surface area contributed by atoms with Crippen LogP contribution < -0.4 is 5.73 Å². The topological polar surface area (TPSA) is 43.3 Å². The number of hydrogen-bond acceptors (Lipinski definition) is 2. The number of aromatic nitrogens is 2. The third-order valence-electron chi connectivity index (χ3n) is 2.53. The van der Waals surface area contributed by atoms with Crippen LogP contribution in [0.4, 0.5) is 0 Å². The van der Waals surface area contributed by atoms with Gasteiger partial charge in [0, 0.05) is 18.7 Å². The fraction of sp³-hybridized carbons (Fsp3) is 0.364. The minimum absolute atomic E-state index is 0.0280. The van der Waals surface area contributed by atoms with Crippen molar-refractivity contribution in [3.05, 3.63) is 34.9 Å². The summed E-state index contributed by atoms with van der Waals surface area (Å²) in [5.74, 6) is 0.970. The van der Waals surface area contributed by atoms with Crippen molar-refractivity contribution in [1.82, 2.24) is 9.38 Å². The van der Waals surface area contributed by atoms with Crippen molar-refractivity contribution in [2.24, 2.45) is 5.73 Å². The molecule has 3 nitrogen and oxygen atoms in total. The molecular formula is C11H14ClN3. The third kappa shape index (κ3) is 1.73. The molecule has 0 radical (unpaired) electrons. The molecule has 0 amide bonds. The van der Waals surface area contributed by atoms with E-state index in [1.54, 1.807) is 0 Å². The molecule has 80 valence electrons. The minimum atomic E-state index is 0.0280. The van der Waals surface area contributed by atoms with Crippen LogP contribution in [0.1, 0.15) is 31.3 Å². The minimum Gasteiger partial charge on any atom is -0.324 e. The lowest BCUT2D eigenvalue weighted by Crippen LogP contribution is -2.06. The largest absolute Gasteiger partial charge is 0.324 e. The maximum Gasteiger partial charge on any atom is 0.155 e. The quantitative estimate of drug-likeness (QED) is 0.851. The van der Waals surface area contributed by atoms with Gasteiger partial charge in [-0.2, -0.15) is 0 Å². The second-order valence-electron chi connectivity index (χ2n) is 3.68. The summed E-state index contributed by atoms with van der Waals surface area (Å²) in [5, 5.41) is 0.558. The molecule has 0 aliphatic rings. The van der Waals surface area contributed by atoms with E-state index in [0.29, 0.717) is 5.15 Å². The Morgan fingerprint density at radius 1 is 1.53 bits per heavy atom. The summed E-state index contributed by atoms with van der Waals surface area (Å²) in [4.78, 5) is 4.30. The van der Waals surface area contributed by atoms with Crippen LogP contribution in [-0.2, 0) is 6.42 Å². The van der Waals surface area contributed by atoms with Crippen LogP contribution in [-0.4, -0.2) is 9.38 Å². The van der Waals surface area contributed by atoms with Gasteiger partial charge in [-0.25, -0.2) is 4.98 Å². The molecule has 1 atom stereocenters. The highest BCUT2D eigenvalue weighted by molar-refractivity contribution is 6.32. The number of rotatable bonds is 2. The zero-order valence-electron chi connectivity index (χ0n) is 8.87. The molecule has 15 heavy (non-hydrogen) atoms. The number of nitrogens with two attached hydrogens (primary N) is 1. The first-order chi connectivity index (χ1) is 7.13. The van der Waals surface area contributed by atoms with Crippen molar-refractivity contribution in [2.45, 2.75) is 26.3 Å². The number of fused-ring (bicyclic) bond motifs is 1. The van der Waals surface area contributed by atoms with Gasteiger partial charge < -0.3 is 10.1 Å². The molecule has 0 aliphatic carbocycles. The van der Waals surface area contributed by atoms with E-state index in [4.69, 9.17) is 17.3 Å². The predicted molar refractivity (Wildman–Crippen MR) is 62.2 cm³/mol. The summed E-state index contributed by atoms with van der Waals surface area (Å²) in [6.45, 7) is 4.02. The van der Waals surface area contributed by atoms with Gasteiger partial charge in [-0.3, -0.25) is 0 Å². The average Bonchev–Trinajstić information content (AvgIpc) is 2.55. The van der Waals surface area contributed by atoms with Crippen molar-refractivity contribution in [2.75, 3.05) is 0 Å². The summed E-state index contributed by atoms with van der Waals surface area (Å²) in [7, 11) is 0. The van der Waals surface area contributed by atoms with Gasteiger partial charge in [0.2, 0.25) is 0 Å². The molecule has 2 aromatic rings. The predicted octanol–water partition coefficient (Wildman–Crippen LogP) is 2.57. The van der Waals surface area contributed by atoms with Crippen LogP contribution in [0.15, 0.2) is 18.3 Å². The Morgan fingerprint density at radius 3 is 2.87 bits per heavy atom. The smallest absolute Gasteiger partial charge is 0.155 e. The molecule has 0 aliphatic heterocycles. The number of nitrogens with zero attached hydrogens (tertiary/aromatic N) is 2. The molecular weight excluding hydrogens is 210 g/mol. The molecule has 0 aromatic carbocycles. The maximum absolute atomic E-state index is 6.03. The van der Waals surface area contributed by atoms with E-state index in [1.807, 2.05) is 29.7 Å². The standard InChI is InChI=1S/C11H14ClN3/c1-3-10-14-11(12)9-5-4-8(7(2)13)6-15(9)10/h4-7H,3,13H2,1-2H3. The Balaban J connectivity index is 2.68. The first kappa shape index (κ1) is 10.5. The van der Waals surface area contributed by atoms with Crippen LogP contribution in [0, 0.1) is 0 Å². The highest BCUT2D eigenvalue weighted by Gasteiger charge is 2.09. The first-order valence-corrected chi connectivity index (χ1v) is 5.43. The van der Waals surface area contributed by atoms with Crippen LogP contribution in [0.3, 0.4) is 0 Å². The highest BCUT2D eigenvalue weighted by Crippen LogP contribution is 2.21. The van der Waals surface area contributed by atoms with Crippen LogP contribution in [0.5, 0.6) is 0 Å². The van der Waals surface area contributed by atoms with Crippen molar-refractivity contribution < 1.29 is 0 Å². The van der Waals surface area contributed by atoms with Gasteiger partial charge in [-0.05, 0) is 18.6 Å². The van der Waals surface area contributed by atoms with Crippen LogP contribution in [0.2, 0.25) is 5.15 Å². The molecule has 2 N–H and O–H groups in total. The van der Waals surface area contributed by atoms with Crippen molar-refractivity contribution in [1.29, 1.82) is 0 Å². The third-order valence-corrected chi connectivity index (χ3v) is 2.81. The van der Waals surface area contributed by atoms with Crippen LogP contribution in [0.25, 0.3) is 5.52 Å². The Bertz CT molecular complexity index is 488. The summed E-state index contributed by atoms with van der Waals surface area (Å²) >= 11 is 6.03. The van der Waals surface area contributed by atoms with Gasteiger partial charge in [-0.1, -0.05) is 24.6 Å². The monoisotopic (exact) mass is 223 g/mol. The normalized spacial score (nSPS) is 13.3. The van der Waals surface area contributed by atoms with E-state index in [1.165, 1.54) is 0 Å². The molecule has 0 saturated heterocycles. The van der Waals surface area contributed by atoms with Gasteiger partial charge in [0.25, 0.3) is 0 Å². The van der Waals surface area contributed by atoms with Gasteiger partial charge >= 0.3 is 0 Å². The van der Waals surface area contributed by atoms with Crippen molar-refractivity contribution in [3.8, 4) is 0 Å². The molecule has 2 rings (SSSR count). The molecule has 4 heteroatoms. The fourth-order valence-corrected chi connectivity index (χ4v) is 1.89. The molecule has 0 saturated carbocycles. The number of hydrogen-bond donors (Lipinski definition) is 1. The maximum atomic E-state index is 6.03. The number of pyridine rings is 1. The molecule has 0 bridgehead atoms. The lowest BCUT2D eigenvalue weighted by molar-refractivity contribution is 0.802. The fourth-order valence-electron chi connectivity index (χ4n) is 1.64. The summed E-state index contributed by atoms with van der Waals surface area (Å²) in [5.41, 5.74) is 7.87. The number of halogens is 1. The van der Waals surface area contributed by atoms with Gasteiger partial charge in [0.05, 0.1) is 5.52 Å². The first-order valence-electron chi connectivity index (χ1n) is 5.05. The Labute approximate surface area is 93.9 Å². The van der Waals surface area contributed by atoms with E-state index in [-0.39, 0.29) is 6.04 Å². The van der Waals surface area contributed by atoms with E-state index < -0.39 is 0 Å². The molecule has 0 spiro atoms. The Morgan fingerprint density at radius 2 is 2.27 bits per heavy atom. The highest BCUT2D eigenvalue weighted by atomic mass is 35.5. The van der Waals surface area contributed by atoms with E-state index in [0.717, 1.165) is 23.3 Å². The number of aryl methyl sites for hydroxylation is 1. The summed E-state index contributed by atoms with van der Waals surface area (Å²) < 4.78 is 2.01. The second kappa shape index (κ2) is 3.83. The van der Waals surface area contributed by atoms with Crippen molar-refractivity contribution >= 4 is 17.1 Å². The van der Waals surface area contributed by atoms with E-state index in [9.17, 15) is 0 Å². The van der Waals surface area contributed by atoms with E-state index >= 15 is 0 Å². The second-order valence-corrected chi connectivity index (χ2v) is 4.04. The number of imidazole rings is 1. The van der Waals surface area contributed by atoms with Gasteiger partial charge in [-0.15, -0.1) is 0 Å². The van der Waals surface area contributed by atoms with Gasteiger partial charge in [0.15, 0.2) is 5.15 Å². The lowest BCUT2D eigenvalue weighted by atomic mass is 10.1. The Hall–Kier alpha value is -1.06. The van der Waals surface area contributed by atoms with Gasteiger partial charge in [0.1, 0.15) is 5.82 Å². The lowest BCUT2D eigenvalue weighted by Gasteiger charge is -2.07. The van der Waals surface area contributed by atoms with Crippen LogP contribution >= 0.6 is 11.6 Å². The average molecular weight is 224 g/mol. The van der Waals surface area contributed by atoms with E-state index in [2.05, 4.69) is 11.9 Å². The molecule has 0 fully saturated rings. The molecule has 1 unspecified atom stereocenters. The molecule has 2 heterocycles. The molecule has 2 aromatic heterocycles. The zero-order valence-corrected chi connectivity index (χ0v) is 9.62. The summed E-state index contributed by atoms with van der Waals surface area (Å²) in [6, 6.07) is 3.99. The zero-order chi connectivity index (χ0) is 11.0. The summed E-state index contributed by atoms with van der Waals surface area (Å²) in [6.07, 6.45) is 2.87. The SMILES string of the molecule is CCc1nc(Cl)c2ccc(C(C)N)cn12. The Kier molecular flexibility index (Phi) is 2.67.